The molecule has 5 nitrogen and oxygen atoms in total. The van der Waals surface area contributed by atoms with Crippen molar-refractivity contribution >= 4 is 0 Å². The van der Waals surface area contributed by atoms with E-state index in [9.17, 15) is 0 Å². The Morgan fingerprint density at radius 3 is 0.947 bits per heavy atom. The highest BCUT2D eigenvalue weighted by Gasteiger charge is 1.89. The monoisotopic (exact) mass is 280 g/mol. The topological polar surface area (TPSA) is 119 Å². The van der Waals surface area contributed by atoms with Crippen molar-refractivity contribution in [2.24, 2.45) is 5.73 Å². The van der Waals surface area contributed by atoms with Gasteiger partial charge in [-0.05, 0) is 19.6 Å². The van der Waals surface area contributed by atoms with Gasteiger partial charge in [-0.2, -0.15) is 0 Å². The standard InChI is InChI=1S/C6H15N.C2H7NO.3C2H4.2H3N/c1-4-7(5-2)6-3;3-1-2-4;3*1-2;;/h4-6H2,1-3H3;4H,1-3H2;3*1-2H2;2*1H3. The SMILES string of the molecule is C=C.C=C.C=C.CCN(CC)CC.N.N.NCCO. The van der Waals surface area contributed by atoms with E-state index in [1.54, 1.807) is 0 Å². The molecule has 0 rings (SSSR count). The van der Waals surface area contributed by atoms with Crippen LogP contribution in [0.3, 0.4) is 0 Å². The molecule has 0 bridgehead atoms. The first-order chi connectivity index (χ1) is 8.26. The molecule has 19 heavy (non-hydrogen) atoms. The molecule has 0 amide bonds. The van der Waals surface area contributed by atoms with E-state index >= 15 is 0 Å². The van der Waals surface area contributed by atoms with Crippen LogP contribution in [0.2, 0.25) is 0 Å². The van der Waals surface area contributed by atoms with E-state index < -0.39 is 0 Å². The van der Waals surface area contributed by atoms with Gasteiger partial charge in [0.1, 0.15) is 0 Å². The molecule has 0 fully saturated rings. The number of nitrogens with two attached hydrogens (primary N) is 1. The summed E-state index contributed by atoms with van der Waals surface area (Å²) in [7, 11) is 0. The van der Waals surface area contributed by atoms with Gasteiger partial charge in [0.05, 0.1) is 6.61 Å². The fraction of sp³-hybridized carbons (Fsp3) is 0.571. The minimum atomic E-state index is 0. The average Bonchev–Trinajstić information content (AvgIpc) is 2.47. The normalized spacial score (nSPS) is 6.00. The molecule has 0 saturated carbocycles. The van der Waals surface area contributed by atoms with E-state index in [1.165, 1.54) is 19.6 Å². The molecule has 0 aliphatic heterocycles. The molecule has 0 spiro atoms. The van der Waals surface area contributed by atoms with Crippen molar-refractivity contribution in [3.05, 3.63) is 39.5 Å². The highest BCUT2D eigenvalue weighted by Crippen LogP contribution is 1.81. The van der Waals surface area contributed by atoms with Crippen LogP contribution in [0, 0.1) is 0 Å². The molecule has 9 N–H and O–H groups in total. The zero-order valence-electron chi connectivity index (χ0n) is 13.7. The largest absolute Gasteiger partial charge is 0.395 e. The lowest BCUT2D eigenvalue weighted by Gasteiger charge is -2.13. The van der Waals surface area contributed by atoms with E-state index in [1.807, 2.05) is 0 Å². The second kappa shape index (κ2) is 88.6. The van der Waals surface area contributed by atoms with Crippen LogP contribution in [-0.2, 0) is 0 Å². The van der Waals surface area contributed by atoms with Gasteiger partial charge in [-0.25, -0.2) is 0 Å². The second-order valence-corrected chi connectivity index (χ2v) is 2.13. The highest BCUT2D eigenvalue weighted by atomic mass is 16.3. The van der Waals surface area contributed by atoms with Gasteiger partial charge in [0.15, 0.2) is 0 Å². The van der Waals surface area contributed by atoms with Crippen molar-refractivity contribution in [3.63, 3.8) is 0 Å². The van der Waals surface area contributed by atoms with E-state index in [4.69, 9.17) is 10.8 Å². The zero-order valence-corrected chi connectivity index (χ0v) is 13.7. The first-order valence-corrected chi connectivity index (χ1v) is 5.79. The van der Waals surface area contributed by atoms with Crippen molar-refractivity contribution in [2.45, 2.75) is 20.8 Å². The highest BCUT2D eigenvalue weighted by molar-refractivity contribution is 4.43. The van der Waals surface area contributed by atoms with Crippen LogP contribution in [0.4, 0.5) is 0 Å². The molecule has 0 aromatic carbocycles. The van der Waals surface area contributed by atoms with Crippen LogP contribution in [0.15, 0.2) is 39.5 Å². The number of aliphatic hydroxyl groups is 1. The smallest absolute Gasteiger partial charge is 0.0553 e. The molecule has 5 heteroatoms. The average molecular weight is 281 g/mol. The lowest BCUT2D eigenvalue weighted by molar-refractivity contribution is 0.306. The number of hydrogen-bond acceptors (Lipinski definition) is 5. The Balaban J connectivity index is -0.0000000210. The molecule has 0 aromatic heterocycles. The summed E-state index contributed by atoms with van der Waals surface area (Å²) in [5.41, 5.74) is 4.78. The number of aliphatic hydroxyl groups excluding tert-OH is 1. The fourth-order valence-corrected chi connectivity index (χ4v) is 0.671. The maximum atomic E-state index is 7.75. The minimum Gasteiger partial charge on any atom is -0.395 e. The third-order valence-corrected chi connectivity index (χ3v) is 1.47. The number of nitrogens with zero attached hydrogens (tertiary/aromatic N) is 1. The maximum absolute atomic E-state index is 7.75. The molecular weight excluding hydrogens is 240 g/mol. The summed E-state index contributed by atoms with van der Waals surface area (Å²) in [5.74, 6) is 0. The quantitative estimate of drug-likeness (QED) is 0.590. The second-order valence-electron chi connectivity index (χ2n) is 2.13. The van der Waals surface area contributed by atoms with Gasteiger partial charge in [-0.1, -0.05) is 20.8 Å². The Morgan fingerprint density at radius 2 is 0.947 bits per heavy atom. The molecule has 122 valence electrons. The summed E-state index contributed by atoms with van der Waals surface area (Å²) >= 11 is 0. The zero-order chi connectivity index (χ0) is 15.1. The van der Waals surface area contributed by atoms with E-state index in [-0.39, 0.29) is 18.9 Å². The summed E-state index contributed by atoms with van der Waals surface area (Å²) in [6, 6.07) is 0. The Hall–Kier alpha value is -0.980. The van der Waals surface area contributed by atoms with Gasteiger partial charge >= 0.3 is 0 Å². The first kappa shape index (κ1) is 43.0. The fourth-order valence-electron chi connectivity index (χ4n) is 0.671. The molecule has 0 saturated heterocycles. The number of rotatable bonds is 4. The predicted molar refractivity (Wildman–Crippen MR) is 93.4 cm³/mol. The van der Waals surface area contributed by atoms with Crippen LogP contribution in [-0.4, -0.2) is 42.8 Å². The Kier molecular flexibility index (Phi) is 201. The molecule has 0 radical (unpaired) electrons. The third kappa shape index (κ3) is 106. The molecule has 0 aromatic rings. The molecule has 0 unspecified atom stereocenters. The van der Waals surface area contributed by atoms with Crippen molar-refractivity contribution in [1.82, 2.24) is 17.2 Å². The summed E-state index contributed by atoms with van der Waals surface area (Å²) in [6.45, 7) is 28.6. The Labute approximate surface area is 122 Å². The predicted octanol–water partition coefficient (Wildman–Crippen LogP) is 3.02. The molecule has 0 heterocycles. The van der Waals surface area contributed by atoms with Crippen molar-refractivity contribution in [2.75, 3.05) is 32.8 Å². The summed E-state index contributed by atoms with van der Waals surface area (Å²) in [6.07, 6.45) is 0. The summed E-state index contributed by atoms with van der Waals surface area (Å²) in [5, 5.41) is 7.75. The molecular formula is C14H40N4O. The van der Waals surface area contributed by atoms with Gasteiger partial charge in [0.2, 0.25) is 0 Å². The first-order valence-electron chi connectivity index (χ1n) is 5.79. The minimum absolute atomic E-state index is 0. The summed E-state index contributed by atoms with van der Waals surface area (Å²) in [4.78, 5) is 2.38. The molecule has 0 aliphatic carbocycles. The van der Waals surface area contributed by atoms with E-state index in [0.29, 0.717) is 6.54 Å². The molecule has 0 atom stereocenters. The molecule has 0 aliphatic rings. The lowest BCUT2D eigenvalue weighted by atomic mass is 10.5. The third-order valence-electron chi connectivity index (χ3n) is 1.47. The van der Waals surface area contributed by atoms with Crippen molar-refractivity contribution in [1.29, 1.82) is 0 Å². The number of hydrogen-bond donors (Lipinski definition) is 4. The van der Waals surface area contributed by atoms with Gasteiger partial charge in [-0.3, -0.25) is 0 Å². The van der Waals surface area contributed by atoms with Crippen LogP contribution in [0.1, 0.15) is 20.8 Å². The van der Waals surface area contributed by atoms with Gasteiger partial charge < -0.3 is 28.0 Å². The van der Waals surface area contributed by atoms with Crippen molar-refractivity contribution < 1.29 is 5.11 Å². The van der Waals surface area contributed by atoms with E-state index in [2.05, 4.69) is 65.1 Å². The maximum Gasteiger partial charge on any atom is 0.0553 e. The summed E-state index contributed by atoms with van der Waals surface area (Å²) < 4.78 is 0. The van der Waals surface area contributed by atoms with Crippen molar-refractivity contribution in [3.8, 4) is 0 Å². The lowest BCUT2D eigenvalue weighted by Crippen LogP contribution is -2.21. The van der Waals surface area contributed by atoms with Crippen LogP contribution >= 0.6 is 0 Å². The van der Waals surface area contributed by atoms with Crippen LogP contribution in [0.25, 0.3) is 0 Å². The Bertz CT molecular complexity index is 79.3. The van der Waals surface area contributed by atoms with Gasteiger partial charge in [0, 0.05) is 6.54 Å². The van der Waals surface area contributed by atoms with E-state index in [0.717, 1.165) is 0 Å². The van der Waals surface area contributed by atoms with Crippen LogP contribution < -0.4 is 18.0 Å². The van der Waals surface area contributed by atoms with Crippen LogP contribution in [0.5, 0.6) is 0 Å². The van der Waals surface area contributed by atoms with Gasteiger partial charge in [-0.15, -0.1) is 39.5 Å². The van der Waals surface area contributed by atoms with Gasteiger partial charge in [0.25, 0.3) is 0 Å². The Morgan fingerprint density at radius 1 is 0.789 bits per heavy atom.